The number of ether oxygens (including phenoxy) is 1. The first kappa shape index (κ1) is 19.0. The molecule has 1 amide bonds. The van der Waals surface area contributed by atoms with E-state index in [2.05, 4.69) is 20.9 Å². The van der Waals surface area contributed by atoms with Crippen LogP contribution in [0, 0.1) is 6.92 Å². The molecule has 0 aliphatic heterocycles. The van der Waals surface area contributed by atoms with E-state index in [0.717, 1.165) is 11.1 Å². The number of aryl methyl sites for hydroxylation is 1. The third kappa shape index (κ3) is 4.33. The summed E-state index contributed by atoms with van der Waals surface area (Å²) in [4.78, 5) is 31.6. The molecule has 0 atom stereocenters. The van der Waals surface area contributed by atoms with Crippen molar-refractivity contribution in [2.75, 3.05) is 20.7 Å². The van der Waals surface area contributed by atoms with Crippen molar-refractivity contribution in [3.63, 3.8) is 0 Å². The van der Waals surface area contributed by atoms with Gasteiger partial charge in [0.05, 0.1) is 30.8 Å². The molecule has 0 unspecified atom stereocenters. The van der Waals surface area contributed by atoms with Crippen molar-refractivity contribution in [1.82, 2.24) is 19.7 Å². The summed E-state index contributed by atoms with van der Waals surface area (Å²) in [5, 5.41) is 7.20. The Morgan fingerprint density at radius 3 is 2.89 bits per heavy atom. The van der Waals surface area contributed by atoms with Crippen molar-refractivity contribution in [3.8, 4) is 0 Å². The van der Waals surface area contributed by atoms with E-state index in [-0.39, 0.29) is 18.3 Å². The van der Waals surface area contributed by atoms with Gasteiger partial charge in [0.15, 0.2) is 5.65 Å². The molecule has 3 heterocycles. The number of hydrogen-bond donors (Lipinski definition) is 0. The molecule has 0 radical (unpaired) electrons. The number of fused-ring (bicyclic) bond motifs is 1. The Labute approximate surface area is 161 Å². The molecule has 0 bridgehead atoms. The molecule has 0 saturated carbocycles. The minimum atomic E-state index is -0.271. The van der Waals surface area contributed by atoms with Gasteiger partial charge in [-0.25, -0.2) is 9.67 Å². The van der Waals surface area contributed by atoms with E-state index in [4.69, 9.17) is 0 Å². The molecular formula is C19H22N4O3S. The van der Waals surface area contributed by atoms with Gasteiger partial charge in [0.25, 0.3) is 5.91 Å². The molecule has 7 nitrogen and oxygen atoms in total. The summed E-state index contributed by atoms with van der Waals surface area (Å²) >= 11 is 1.66. The second kappa shape index (κ2) is 8.30. The van der Waals surface area contributed by atoms with Crippen molar-refractivity contribution >= 4 is 34.2 Å². The summed E-state index contributed by atoms with van der Waals surface area (Å²) in [7, 11) is 3.10. The first-order valence-corrected chi connectivity index (χ1v) is 9.55. The van der Waals surface area contributed by atoms with Crippen LogP contribution in [0.3, 0.4) is 0 Å². The van der Waals surface area contributed by atoms with E-state index < -0.39 is 0 Å². The Balaban J connectivity index is 1.82. The first-order chi connectivity index (χ1) is 13.0. The Morgan fingerprint density at radius 1 is 1.37 bits per heavy atom. The van der Waals surface area contributed by atoms with Crippen LogP contribution in [0.2, 0.25) is 0 Å². The molecular weight excluding hydrogens is 364 g/mol. The lowest BCUT2D eigenvalue weighted by atomic mass is 10.1. The largest absolute Gasteiger partial charge is 0.469 e. The van der Waals surface area contributed by atoms with Gasteiger partial charge in [-0.05, 0) is 30.9 Å². The SMILES string of the molecule is COC(=O)CCCN(C)C(=O)c1cc(C)nc2c1cnn2Cc1cccs1. The van der Waals surface area contributed by atoms with E-state index in [0.29, 0.717) is 30.7 Å². The molecule has 3 aromatic heterocycles. The van der Waals surface area contributed by atoms with Crippen LogP contribution in [-0.4, -0.2) is 52.2 Å². The Kier molecular flexibility index (Phi) is 5.85. The number of aromatic nitrogens is 3. The number of pyridine rings is 1. The zero-order chi connectivity index (χ0) is 19.4. The fourth-order valence-electron chi connectivity index (χ4n) is 2.89. The highest BCUT2D eigenvalue weighted by molar-refractivity contribution is 7.09. The number of hydrogen-bond acceptors (Lipinski definition) is 6. The Morgan fingerprint density at radius 2 is 2.19 bits per heavy atom. The van der Waals surface area contributed by atoms with Gasteiger partial charge in [0.1, 0.15) is 0 Å². The number of methoxy groups -OCH3 is 1. The van der Waals surface area contributed by atoms with Crippen LogP contribution >= 0.6 is 11.3 Å². The molecule has 8 heteroatoms. The van der Waals surface area contributed by atoms with Crippen molar-refractivity contribution in [1.29, 1.82) is 0 Å². The highest BCUT2D eigenvalue weighted by atomic mass is 32.1. The molecule has 0 N–H and O–H groups in total. The number of nitrogens with zero attached hydrogens (tertiary/aromatic N) is 4. The highest BCUT2D eigenvalue weighted by Crippen LogP contribution is 2.21. The van der Waals surface area contributed by atoms with Gasteiger partial charge in [0, 0.05) is 30.6 Å². The predicted octanol–water partition coefficient (Wildman–Crippen LogP) is 2.87. The lowest BCUT2D eigenvalue weighted by Gasteiger charge is -2.17. The number of rotatable bonds is 7. The zero-order valence-corrected chi connectivity index (χ0v) is 16.5. The van der Waals surface area contributed by atoms with Crippen molar-refractivity contribution in [3.05, 3.63) is 45.9 Å². The number of carbonyl (C=O) groups is 2. The fourth-order valence-corrected chi connectivity index (χ4v) is 3.57. The van der Waals surface area contributed by atoms with Gasteiger partial charge in [-0.1, -0.05) is 6.07 Å². The smallest absolute Gasteiger partial charge is 0.305 e. The zero-order valence-electron chi connectivity index (χ0n) is 15.6. The normalized spacial score (nSPS) is 10.9. The molecule has 3 rings (SSSR count). The van der Waals surface area contributed by atoms with Gasteiger partial charge >= 0.3 is 5.97 Å². The highest BCUT2D eigenvalue weighted by Gasteiger charge is 2.19. The minimum absolute atomic E-state index is 0.106. The molecule has 0 fully saturated rings. The lowest BCUT2D eigenvalue weighted by molar-refractivity contribution is -0.140. The van der Waals surface area contributed by atoms with Gasteiger partial charge in [0.2, 0.25) is 0 Å². The number of carbonyl (C=O) groups excluding carboxylic acids is 2. The molecule has 0 aliphatic carbocycles. The maximum Gasteiger partial charge on any atom is 0.305 e. The summed E-state index contributed by atoms with van der Waals surface area (Å²) in [6.45, 7) is 2.97. The first-order valence-electron chi connectivity index (χ1n) is 8.67. The van der Waals surface area contributed by atoms with Crippen molar-refractivity contribution < 1.29 is 14.3 Å². The topological polar surface area (TPSA) is 77.3 Å². The second-order valence-corrected chi connectivity index (χ2v) is 7.37. The van der Waals surface area contributed by atoms with Crippen molar-refractivity contribution in [2.45, 2.75) is 26.3 Å². The number of amides is 1. The molecule has 0 aliphatic rings. The Bertz CT molecular complexity index is 949. The minimum Gasteiger partial charge on any atom is -0.469 e. The standard InChI is InChI=1S/C19H22N4O3S/c1-13-10-15(19(25)22(2)8-4-7-17(24)26-3)16-11-20-23(18(16)21-13)12-14-6-5-9-27-14/h5-6,9-11H,4,7-8,12H2,1-3H3. The van der Waals surface area contributed by atoms with Gasteiger partial charge in [-0.15, -0.1) is 11.3 Å². The van der Waals surface area contributed by atoms with Crippen LogP contribution in [0.1, 0.15) is 33.8 Å². The summed E-state index contributed by atoms with van der Waals surface area (Å²) < 4.78 is 6.46. The van der Waals surface area contributed by atoms with Crippen molar-refractivity contribution in [2.24, 2.45) is 0 Å². The average Bonchev–Trinajstić information content (AvgIpc) is 3.31. The Hall–Kier alpha value is -2.74. The summed E-state index contributed by atoms with van der Waals surface area (Å²) in [5.74, 6) is -0.376. The molecule has 142 valence electrons. The molecule has 3 aromatic rings. The summed E-state index contributed by atoms with van der Waals surface area (Å²) in [6.07, 6.45) is 2.54. The maximum absolute atomic E-state index is 12.9. The van der Waals surface area contributed by atoms with E-state index in [1.165, 1.54) is 12.0 Å². The predicted molar refractivity (Wildman–Crippen MR) is 104 cm³/mol. The van der Waals surface area contributed by atoms with Crippen LogP contribution in [0.5, 0.6) is 0 Å². The molecule has 0 aromatic carbocycles. The summed E-state index contributed by atoms with van der Waals surface area (Å²) in [6, 6.07) is 5.84. The van der Waals surface area contributed by atoms with Crippen LogP contribution in [0.4, 0.5) is 0 Å². The van der Waals surface area contributed by atoms with Gasteiger partial charge in [-0.3, -0.25) is 9.59 Å². The molecule has 0 spiro atoms. The van der Waals surface area contributed by atoms with E-state index >= 15 is 0 Å². The number of thiophene rings is 1. The second-order valence-electron chi connectivity index (χ2n) is 6.34. The van der Waals surface area contributed by atoms with E-state index in [9.17, 15) is 9.59 Å². The number of esters is 1. The summed E-state index contributed by atoms with van der Waals surface area (Å²) in [5.41, 5.74) is 2.05. The van der Waals surface area contributed by atoms with Crippen LogP contribution in [0.25, 0.3) is 11.0 Å². The van der Waals surface area contributed by atoms with Crippen LogP contribution < -0.4 is 0 Å². The van der Waals surface area contributed by atoms with Crippen LogP contribution in [-0.2, 0) is 16.1 Å². The fraction of sp³-hybridized carbons (Fsp3) is 0.368. The molecule has 0 saturated heterocycles. The average molecular weight is 386 g/mol. The maximum atomic E-state index is 12.9. The van der Waals surface area contributed by atoms with E-state index in [1.54, 1.807) is 35.5 Å². The third-order valence-electron chi connectivity index (χ3n) is 4.30. The van der Waals surface area contributed by atoms with E-state index in [1.807, 2.05) is 23.1 Å². The lowest BCUT2D eigenvalue weighted by Crippen LogP contribution is -2.28. The monoisotopic (exact) mass is 386 g/mol. The third-order valence-corrected chi connectivity index (χ3v) is 5.16. The van der Waals surface area contributed by atoms with Crippen LogP contribution in [0.15, 0.2) is 29.8 Å². The van der Waals surface area contributed by atoms with Gasteiger partial charge < -0.3 is 9.64 Å². The molecule has 27 heavy (non-hydrogen) atoms. The quantitative estimate of drug-likeness (QED) is 0.584. The van der Waals surface area contributed by atoms with Gasteiger partial charge in [-0.2, -0.15) is 5.10 Å².